The van der Waals surface area contributed by atoms with Crippen molar-refractivity contribution in [2.24, 2.45) is 11.3 Å². The zero-order chi connectivity index (χ0) is 36.2. The Hall–Kier alpha value is -3.67. The number of hydrogen-bond donors (Lipinski definition) is 3. The first kappa shape index (κ1) is 37.1. The predicted octanol–water partition coefficient (Wildman–Crippen LogP) is 3.05. The zero-order valence-electron chi connectivity index (χ0n) is 28.8. The van der Waals surface area contributed by atoms with Crippen molar-refractivity contribution in [2.75, 3.05) is 52.9 Å². The first-order chi connectivity index (χ1) is 24.4. The largest absolute Gasteiger partial charge is 0.465 e. The quantitative estimate of drug-likeness (QED) is 0.244. The van der Waals surface area contributed by atoms with Gasteiger partial charge in [0.2, 0.25) is 16.8 Å². The van der Waals surface area contributed by atoms with Gasteiger partial charge < -0.3 is 44.0 Å². The lowest BCUT2D eigenvalue weighted by atomic mass is 9.89. The van der Waals surface area contributed by atoms with E-state index >= 15 is 0 Å². The minimum Gasteiger partial charge on any atom is -0.465 e. The summed E-state index contributed by atoms with van der Waals surface area (Å²) >= 11 is 0. The average molecular weight is 734 g/mol. The van der Waals surface area contributed by atoms with Crippen LogP contribution in [-0.2, 0) is 35.4 Å². The van der Waals surface area contributed by atoms with Gasteiger partial charge in [-0.3, -0.25) is 4.90 Å². The number of benzene rings is 2. The summed E-state index contributed by atoms with van der Waals surface area (Å²) in [4.78, 5) is 26.6. The maximum Gasteiger partial charge on any atom is 0.407 e. The first-order valence-electron chi connectivity index (χ1n) is 17.3. The first-order valence-corrected chi connectivity index (χ1v) is 18.7. The molecule has 4 aliphatic heterocycles. The number of hydrogen-bond acceptors (Lipinski definition) is 11. The number of aliphatic hydroxyl groups is 1. The van der Waals surface area contributed by atoms with Crippen LogP contribution in [0.25, 0.3) is 0 Å². The molecule has 15 nitrogen and oxygen atoms in total. The van der Waals surface area contributed by atoms with Gasteiger partial charge >= 0.3 is 12.2 Å². The summed E-state index contributed by atoms with van der Waals surface area (Å²) in [6, 6.07) is 11.9. The highest BCUT2D eigenvalue weighted by atomic mass is 32.2. The van der Waals surface area contributed by atoms with Crippen molar-refractivity contribution in [3.05, 3.63) is 54.1 Å². The number of carbonyl (C=O) groups excluding carboxylic acids is 1. The number of nitrogens with zero attached hydrogens (tertiary/aromatic N) is 2. The Balaban J connectivity index is 1.26. The van der Waals surface area contributed by atoms with E-state index in [1.807, 2.05) is 44.2 Å². The van der Waals surface area contributed by atoms with Crippen molar-refractivity contribution in [1.82, 2.24) is 14.5 Å². The molecule has 0 unspecified atom stereocenters. The molecule has 3 N–H and O–H groups in total. The predicted molar refractivity (Wildman–Crippen MR) is 181 cm³/mol. The number of ether oxygens (including phenoxy) is 6. The number of fused-ring (bicyclic) bond motifs is 2. The summed E-state index contributed by atoms with van der Waals surface area (Å²) in [6.07, 6.45) is -2.40. The van der Waals surface area contributed by atoms with Gasteiger partial charge in [0.1, 0.15) is 6.10 Å². The van der Waals surface area contributed by atoms with Crippen molar-refractivity contribution in [1.29, 1.82) is 0 Å². The number of carbonyl (C=O) groups is 2. The standard InChI is InChI=1S/C35H47N3O12S/c1-35(2,12-13-36-33(40)50-24-10-14-45-19-24)21-37(51(43,44)25-8-9-30-31(17-25)49-22-48-30)18-29(39)27(16-23-6-4-3-5-7-23)38(34(41)42)28-20-47-32-26(28)11-15-46-32/h3-9,17,24,26-29,32,39H,10-16,18-22H2,1-2H3,(H,36,40)(H,41,42)/t24-,26+,27+,28+,29-,32-/m1/s1. The number of aliphatic hydroxyl groups excluding tert-OH is 1. The fraction of sp³-hybridized carbons (Fsp3) is 0.600. The summed E-state index contributed by atoms with van der Waals surface area (Å²) in [6.45, 7) is 4.81. The van der Waals surface area contributed by atoms with Crippen molar-refractivity contribution < 1.29 is 56.6 Å². The summed E-state index contributed by atoms with van der Waals surface area (Å²) in [5.74, 6) is 0.468. The van der Waals surface area contributed by atoms with Crippen LogP contribution in [0.5, 0.6) is 11.5 Å². The van der Waals surface area contributed by atoms with E-state index in [-0.39, 0.29) is 55.6 Å². The van der Waals surface area contributed by atoms with Gasteiger partial charge in [0.15, 0.2) is 17.8 Å². The molecule has 6 rings (SSSR count). The van der Waals surface area contributed by atoms with Crippen LogP contribution in [0.4, 0.5) is 9.59 Å². The number of rotatable bonds is 15. The molecule has 2 aromatic rings. The fourth-order valence-electron chi connectivity index (χ4n) is 7.16. The van der Waals surface area contributed by atoms with E-state index in [1.165, 1.54) is 27.4 Å². The van der Waals surface area contributed by atoms with Gasteiger partial charge in [0.05, 0.1) is 49.5 Å². The van der Waals surface area contributed by atoms with Crippen molar-refractivity contribution >= 4 is 22.2 Å². The molecule has 51 heavy (non-hydrogen) atoms. The Morgan fingerprint density at radius 3 is 2.57 bits per heavy atom. The maximum absolute atomic E-state index is 14.5. The number of sulfonamides is 1. The number of alkyl carbamates (subject to hydrolysis) is 1. The molecule has 4 aliphatic rings. The smallest absolute Gasteiger partial charge is 0.407 e. The Labute approximate surface area is 297 Å². The topological polar surface area (TPSA) is 183 Å². The number of nitrogens with one attached hydrogen (secondary N) is 1. The third-order valence-electron chi connectivity index (χ3n) is 9.89. The summed E-state index contributed by atoms with van der Waals surface area (Å²) in [5, 5.41) is 25.5. The third-order valence-corrected chi connectivity index (χ3v) is 11.7. The molecule has 0 aliphatic carbocycles. The lowest BCUT2D eigenvalue weighted by Crippen LogP contribution is -2.58. The van der Waals surface area contributed by atoms with Crippen LogP contribution in [-0.4, -0.2) is 123 Å². The van der Waals surface area contributed by atoms with Crippen LogP contribution in [0, 0.1) is 11.3 Å². The molecular formula is C35H47N3O12S. The Kier molecular flexibility index (Phi) is 11.6. The second-order valence-corrected chi connectivity index (χ2v) is 16.1. The van der Waals surface area contributed by atoms with E-state index in [1.54, 1.807) is 0 Å². The molecule has 0 radical (unpaired) electrons. The molecule has 6 atom stereocenters. The van der Waals surface area contributed by atoms with Crippen LogP contribution < -0.4 is 14.8 Å². The molecule has 3 saturated heterocycles. The Bertz CT molecular complexity index is 1620. The molecule has 0 bridgehead atoms. The van der Waals surface area contributed by atoms with Crippen LogP contribution in [0.2, 0.25) is 0 Å². The van der Waals surface area contributed by atoms with Crippen LogP contribution >= 0.6 is 0 Å². The van der Waals surface area contributed by atoms with Crippen molar-refractivity contribution in [3.8, 4) is 11.5 Å². The highest BCUT2D eigenvalue weighted by molar-refractivity contribution is 7.89. The molecule has 2 aromatic carbocycles. The molecule has 4 heterocycles. The second kappa shape index (κ2) is 15.9. The van der Waals surface area contributed by atoms with Crippen LogP contribution in [0.3, 0.4) is 0 Å². The monoisotopic (exact) mass is 733 g/mol. The fourth-order valence-corrected chi connectivity index (χ4v) is 8.82. The maximum atomic E-state index is 14.5. The minimum atomic E-state index is -4.29. The number of carboxylic acid groups (broad SMARTS) is 1. The van der Waals surface area contributed by atoms with Gasteiger partial charge in [-0.15, -0.1) is 0 Å². The normalized spacial score (nSPS) is 23.9. The van der Waals surface area contributed by atoms with E-state index < -0.39 is 58.6 Å². The Morgan fingerprint density at radius 2 is 1.82 bits per heavy atom. The summed E-state index contributed by atoms with van der Waals surface area (Å²) in [7, 11) is -4.29. The zero-order valence-corrected chi connectivity index (χ0v) is 29.7. The molecule has 0 aromatic heterocycles. The van der Waals surface area contributed by atoms with Crippen LogP contribution in [0.1, 0.15) is 38.7 Å². The number of amides is 2. The Morgan fingerprint density at radius 1 is 1.04 bits per heavy atom. The van der Waals surface area contributed by atoms with Gasteiger partial charge in [-0.2, -0.15) is 4.31 Å². The molecule has 16 heteroatoms. The van der Waals surface area contributed by atoms with Gasteiger partial charge in [0.25, 0.3) is 0 Å². The van der Waals surface area contributed by atoms with E-state index in [4.69, 9.17) is 28.4 Å². The van der Waals surface area contributed by atoms with Gasteiger partial charge in [-0.25, -0.2) is 18.0 Å². The molecule has 0 saturated carbocycles. The average Bonchev–Trinajstić information content (AvgIpc) is 3.91. The van der Waals surface area contributed by atoms with E-state index in [0.717, 1.165) is 5.56 Å². The van der Waals surface area contributed by atoms with E-state index in [0.29, 0.717) is 44.8 Å². The molecule has 280 valence electrons. The second-order valence-electron chi connectivity index (χ2n) is 14.2. The highest BCUT2D eigenvalue weighted by Gasteiger charge is 2.49. The van der Waals surface area contributed by atoms with Gasteiger partial charge in [-0.1, -0.05) is 44.2 Å². The lowest BCUT2D eigenvalue weighted by molar-refractivity contribution is -0.0906. The summed E-state index contributed by atoms with van der Waals surface area (Å²) in [5.41, 5.74) is 0.0562. The van der Waals surface area contributed by atoms with Crippen molar-refractivity contribution in [2.45, 2.75) is 75.0 Å². The molecule has 3 fully saturated rings. The van der Waals surface area contributed by atoms with E-state index in [9.17, 15) is 28.2 Å². The molecule has 2 amide bonds. The minimum absolute atomic E-state index is 0.0402. The SMILES string of the molecule is CC(C)(CCNC(=O)O[C@@H]1CCOC1)CN(C[C@@H](O)[C@H](Cc1ccccc1)N(C(=O)O)[C@H]1CO[C@H]2OCC[C@H]21)S(=O)(=O)c1ccc2c(c1)OCO2. The van der Waals surface area contributed by atoms with Gasteiger partial charge in [0, 0.05) is 38.0 Å². The van der Waals surface area contributed by atoms with Crippen molar-refractivity contribution in [3.63, 3.8) is 0 Å². The van der Waals surface area contributed by atoms with Gasteiger partial charge in [-0.05, 0) is 42.4 Å². The third kappa shape index (κ3) is 8.87. The highest BCUT2D eigenvalue weighted by Crippen LogP contribution is 2.38. The van der Waals surface area contributed by atoms with E-state index in [2.05, 4.69) is 5.32 Å². The lowest BCUT2D eigenvalue weighted by Gasteiger charge is -2.40. The molecular weight excluding hydrogens is 686 g/mol. The summed E-state index contributed by atoms with van der Waals surface area (Å²) < 4.78 is 63.1. The molecule has 0 spiro atoms. The van der Waals surface area contributed by atoms with Crippen LogP contribution in [0.15, 0.2) is 53.4 Å².